The highest BCUT2D eigenvalue weighted by molar-refractivity contribution is 9.10. The summed E-state index contributed by atoms with van der Waals surface area (Å²) in [7, 11) is 0. The van der Waals surface area contributed by atoms with Gasteiger partial charge in [-0.05, 0) is 45.8 Å². The number of nitrogens with one attached hydrogen (secondary N) is 1. The fraction of sp³-hybridized carbons (Fsp3) is 0.222. The van der Waals surface area contributed by atoms with Crippen LogP contribution in [0.5, 0.6) is 0 Å². The largest absolute Gasteiger partial charge is 0.416 e. The minimum Gasteiger partial charge on any atom is -0.340 e. The predicted octanol–water partition coefficient (Wildman–Crippen LogP) is 5.08. The fourth-order valence-electron chi connectivity index (χ4n) is 2.76. The first kappa shape index (κ1) is 21.2. The number of fused-ring (bicyclic) bond motifs is 1. The zero-order valence-corrected chi connectivity index (χ0v) is 15.9. The summed E-state index contributed by atoms with van der Waals surface area (Å²) in [6.45, 7) is 0. The van der Waals surface area contributed by atoms with Gasteiger partial charge in [0.05, 0.1) is 17.7 Å². The van der Waals surface area contributed by atoms with E-state index in [4.69, 9.17) is 0 Å². The molecule has 0 spiro atoms. The lowest BCUT2D eigenvalue weighted by Crippen LogP contribution is -2.39. The van der Waals surface area contributed by atoms with Gasteiger partial charge in [0.1, 0.15) is 5.65 Å². The van der Waals surface area contributed by atoms with Crippen molar-refractivity contribution in [2.75, 3.05) is 0 Å². The molecule has 29 heavy (non-hydrogen) atoms. The molecule has 2 heterocycles. The van der Waals surface area contributed by atoms with Gasteiger partial charge < -0.3 is 9.72 Å². The summed E-state index contributed by atoms with van der Waals surface area (Å²) in [5, 5.41) is 1.79. The molecule has 3 aromatic rings. The number of halogens is 7. The van der Waals surface area contributed by atoms with Crippen LogP contribution in [0, 0.1) is 0 Å². The van der Waals surface area contributed by atoms with Gasteiger partial charge in [-0.15, -0.1) is 0 Å². The molecule has 0 saturated heterocycles. The molecule has 0 aliphatic rings. The maximum absolute atomic E-state index is 13.5. The lowest BCUT2D eigenvalue weighted by molar-refractivity contribution is -0.163. The molecule has 0 bridgehead atoms. The number of aromatic nitrogens is 2. The molecule has 1 aromatic carbocycles. The molecular formula is C18H12BrF6N3O. The van der Waals surface area contributed by atoms with Gasteiger partial charge >= 0.3 is 12.4 Å². The van der Waals surface area contributed by atoms with Gasteiger partial charge in [-0.25, -0.2) is 4.98 Å². The summed E-state index contributed by atoms with van der Waals surface area (Å²) in [5.41, 5.74) is -1.13. The molecule has 1 amide bonds. The number of carbonyl (C=O) groups is 1. The van der Waals surface area contributed by atoms with Crippen LogP contribution in [0.25, 0.3) is 5.65 Å². The molecule has 11 heteroatoms. The number of hydrogen-bond acceptors (Lipinski definition) is 2. The van der Waals surface area contributed by atoms with Gasteiger partial charge in [0, 0.05) is 16.9 Å². The van der Waals surface area contributed by atoms with Crippen molar-refractivity contribution >= 4 is 27.5 Å². The second kappa shape index (κ2) is 7.69. The van der Waals surface area contributed by atoms with Crippen molar-refractivity contribution in [1.29, 1.82) is 0 Å². The van der Waals surface area contributed by atoms with Crippen LogP contribution in [0.4, 0.5) is 26.3 Å². The van der Waals surface area contributed by atoms with Crippen LogP contribution in [-0.4, -0.2) is 21.5 Å². The molecule has 1 atom stereocenters. The molecule has 154 valence electrons. The first-order valence-corrected chi connectivity index (χ1v) is 8.89. The van der Waals surface area contributed by atoms with E-state index in [0.29, 0.717) is 27.9 Å². The maximum Gasteiger partial charge on any atom is 0.416 e. The number of amides is 1. The highest BCUT2D eigenvalue weighted by Gasteiger charge is 2.43. The van der Waals surface area contributed by atoms with E-state index in [9.17, 15) is 31.1 Å². The molecule has 3 rings (SSSR count). The van der Waals surface area contributed by atoms with Crippen LogP contribution in [0.3, 0.4) is 0 Å². The quantitative estimate of drug-likeness (QED) is 0.530. The number of imidazole rings is 1. The summed E-state index contributed by atoms with van der Waals surface area (Å²) in [4.78, 5) is 16.3. The van der Waals surface area contributed by atoms with E-state index >= 15 is 0 Å². The van der Waals surface area contributed by atoms with Crippen LogP contribution in [0.15, 0.2) is 53.3 Å². The molecule has 0 radical (unpaired) electrons. The highest BCUT2D eigenvalue weighted by atomic mass is 79.9. The van der Waals surface area contributed by atoms with Crippen molar-refractivity contribution in [1.82, 2.24) is 14.7 Å². The Hall–Kier alpha value is -2.56. The smallest absolute Gasteiger partial charge is 0.340 e. The predicted molar refractivity (Wildman–Crippen MR) is 95.0 cm³/mol. The first-order chi connectivity index (χ1) is 13.4. The average Bonchev–Trinajstić information content (AvgIpc) is 3.00. The lowest BCUT2D eigenvalue weighted by Gasteiger charge is -2.23. The number of nitrogens with zero attached hydrogens (tertiary/aromatic N) is 2. The SMILES string of the molecule is O=C(Cc1cnc2ccc(Br)cn12)NC(c1cccc(C(F)(F)F)c1)C(F)(F)F. The summed E-state index contributed by atoms with van der Waals surface area (Å²) in [5.74, 6) is -1.01. The number of alkyl halides is 6. The van der Waals surface area contributed by atoms with Gasteiger partial charge in [-0.2, -0.15) is 26.3 Å². The monoisotopic (exact) mass is 479 g/mol. The summed E-state index contributed by atoms with van der Waals surface area (Å²) >= 11 is 3.25. The number of rotatable bonds is 4. The van der Waals surface area contributed by atoms with E-state index in [0.717, 1.165) is 12.1 Å². The van der Waals surface area contributed by atoms with E-state index in [1.54, 1.807) is 23.6 Å². The third-order valence-electron chi connectivity index (χ3n) is 4.07. The molecule has 0 saturated carbocycles. The topological polar surface area (TPSA) is 46.4 Å². The number of carbonyl (C=O) groups excluding carboxylic acids is 1. The summed E-state index contributed by atoms with van der Waals surface area (Å²) in [6, 6.07) is 3.57. The highest BCUT2D eigenvalue weighted by Crippen LogP contribution is 2.36. The maximum atomic E-state index is 13.5. The van der Waals surface area contributed by atoms with Crippen LogP contribution >= 0.6 is 15.9 Å². The van der Waals surface area contributed by atoms with Crippen molar-refractivity contribution in [3.8, 4) is 0 Å². The van der Waals surface area contributed by atoms with E-state index in [1.807, 2.05) is 0 Å². The number of benzene rings is 1. The minimum atomic E-state index is -4.98. The third-order valence-corrected chi connectivity index (χ3v) is 4.54. The minimum absolute atomic E-state index is 0.323. The summed E-state index contributed by atoms with van der Waals surface area (Å²) in [6.07, 6.45) is -7.29. The molecule has 0 fully saturated rings. The van der Waals surface area contributed by atoms with Gasteiger partial charge in [0.25, 0.3) is 0 Å². The standard InChI is InChI=1S/C18H12BrF6N3O/c19-12-4-5-14-26-8-13(28(14)9-12)7-15(29)27-16(18(23,24)25)10-2-1-3-11(6-10)17(20,21)22/h1-6,8-9,16H,7H2,(H,27,29). The van der Waals surface area contributed by atoms with Crippen molar-refractivity contribution in [2.24, 2.45) is 0 Å². The second-order valence-corrected chi connectivity index (χ2v) is 7.08. The third kappa shape index (κ3) is 4.89. The first-order valence-electron chi connectivity index (χ1n) is 8.10. The Kier molecular flexibility index (Phi) is 5.61. The molecule has 4 nitrogen and oxygen atoms in total. The van der Waals surface area contributed by atoms with E-state index in [-0.39, 0.29) is 0 Å². The fourth-order valence-corrected chi connectivity index (χ4v) is 3.10. The molecule has 2 aromatic heterocycles. The van der Waals surface area contributed by atoms with Crippen LogP contribution in [-0.2, 0) is 17.4 Å². The Labute approximate surface area is 168 Å². The number of hydrogen-bond donors (Lipinski definition) is 1. The Bertz CT molecular complexity index is 1040. The van der Waals surface area contributed by atoms with Gasteiger partial charge in [-0.1, -0.05) is 12.1 Å². The van der Waals surface area contributed by atoms with E-state index in [1.165, 1.54) is 10.6 Å². The van der Waals surface area contributed by atoms with Crippen molar-refractivity contribution in [3.05, 3.63) is 70.1 Å². The molecular weight excluding hydrogens is 468 g/mol. The zero-order chi connectivity index (χ0) is 21.4. The molecule has 0 aliphatic carbocycles. The van der Waals surface area contributed by atoms with Gasteiger partial charge in [-0.3, -0.25) is 4.79 Å². The second-order valence-electron chi connectivity index (χ2n) is 6.17. The molecule has 0 aliphatic heterocycles. The van der Waals surface area contributed by atoms with Crippen LogP contribution in [0.1, 0.15) is 22.9 Å². The van der Waals surface area contributed by atoms with Crippen molar-refractivity contribution < 1.29 is 31.1 Å². The Morgan fingerprint density at radius 2 is 1.86 bits per heavy atom. The summed E-state index contributed by atoms with van der Waals surface area (Å²) < 4.78 is 81.1. The van der Waals surface area contributed by atoms with E-state index in [2.05, 4.69) is 20.9 Å². The van der Waals surface area contributed by atoms with Gasteiger partial charge in [0.2, 0.25) is 5.91 Å². The number of pyridine rings is 1. The van der Waals surface area contributed by atoms with Crippen molar-refractivity contribution in [3.63, 3.8) is 0 Å². The Morgan fingerprint density at radius 3 is 2.52 bits per heavy atom. The normalized spacial score (nSPS) is 13.5. The lowest BCUT2D eigenvalue weighted by atomic mass is 10.0. The Morgan fingerprint density at radius 1 is 1.14 bits per heavy atom. The average molecular weight is 480 g/mol. The van der Waals surface area contributed by atoms with E-state index < -0.39 is 41.8 Å². The Balaban J connectivity index is 1.86. The van der Waals surface area contributed by atoms with Crippen LogP contribution < -0.4 is 5.32 Å². The van der Waals surface area contributed by atoms with Gasteiger partial charge in [0.15, 0.2) is 6.04 Å². The van der Waals surface area contributed by atoms with Crippen LogP contribution in [0.2, 0.25) is 0 Å². The molecule has 1 N–H and O–H groups in total. The van der Waals surface area contributed by atoms with Crippen molar-refractivity contribution in [2.45, 2.75) is 24.8 Å². The zero-order valence-electron chi connectivity index (χ0n) is 14.4. The molecule has 1 unspecified atom stereocenters.